The number of Topliss-reactive ketones (excluding diaryl/α,β-unsaturated/α-hetero) is 1. The van der Waals surface area contributed by atoms with Crippen molar-refractivity contribution in [3.63, 3.8) is 0 Å². The molecule has 168 valence electrons. The third-order valence-electron chi connectivity index (χ3n) is 5.68. The Hall–Kier alpha value is -3.64. The van der Waals surface area contributed by atoms with Crippen LogP contribution in [0.5, 0.6) is 5.75 Å². The lowest BCUT2D eigenvalue weighted by molar-refractivity contribution is -0.132. The Labute approximate surface area is 197 Å². The molecule has 0 saturated carbocycles. The summed E-state index contributed by atoms with van der Waals surface area (Å²) in [5.41, 5.74) is 2.09. The first-order chi connectivity index (χ1) is 15.8. The summed E-state index contributed by atoms with van der Waals surface area (Å²) < 4.78 is 5.17. The number of benzene rings is 2. The van der Waals surface area contributed by atoms with Crippen molar-refractivity contribution >= 4 is 34.9 Å². The van der Waals surface area contributed by atoms with Gasteiger partial charge in [-0.3, -0.25) is 14.5 Å². The fraction of sp³-hybridized carbons (Fsp3) is 0.192. The Balaban J connectivity index is 1.91. The number of anilines is 1. The number of nitrogens with zero attached hydrogens (tertiary/aromatic N) is 2. The van der Waals surface area contributed by atoms with E-state index in [1.165, 1.54) is 18.1 Å². The van der Waals surface area contributed by atoms with Crippen LogP contribution in [0.3, 0.4) is 0 Å². The average molecular weight is 463 g/mol. The van der Waals surface area contributed by atoms with Crippen LogP contribution in [0, 0.1) is 0 Å². The van der Waals surface area contributed by atoms with Gasteiger partial charge in [0.15, 0.2) is 0 Å². The number of hydrogen-bond donors (Lipinski definition) is 1. The van der Waals surface area contributed by atoms with Crippen LogP contribution in [0.4, 0.5) is 5.82 Å². The first kappa shape index (κ1) is 22.6. The molecule has 0 bridgehead atoms. The fourth-order valence-electron chi connectivity index (χ4n) is 3.91. The molecule has 4 rings (SSSR count). The summed E-state index contributed by atoms with van der Waals surface area (Å²) in [6.07, 6.45) is 1.55. The van der Waals surface area contributed by atoms with Gasteiger partial charge < -0.3 is 9.84 Å². The second kappa shape index (κ2) is 9.08. The van der Waals surface area contributed by atoms with Gasteiger partial charge in [-0.05, 0) is 47.4 Å². The Morgan fingerprint density at radius 3 is 2.39 bits per heavy atom. The van der Waals surface area contributed by atoms with Crippen molar-refractivity contribution in [1.82, 2.24) is 4.98 Å². The first-order valence-electron chi connectivity index (χ1n) is 10.5. The van der Waals surface area contributed by atoms with Crippen LogP contribution in [-0.2, 0) is 9.59 Å². The predicted octanol–water partition coefficient (Wildman–Crippen LogP) is 5.49. The molecule has 0 aliphatic carbocycles. The van der Waals surface area contributed by atoms with Gasteiger partial charge in [-0.15, -0.1) is 0 Å². The van der Waals surface area contributed by atoms with Gasteiger partial charge >= 0.3 is 5.91 Å². The van der Waals surface area contributed by atoms with Gasteiger partial charge in [0.1, 0.15) is 17.3 Å². The Bertz CT molecular complexity index is 1240. The number of aliphatic hydroxyl groups excluding tert-OH is 1. The minimum Gasteiger partial charge on any atom is -0.507 e. The van der Waals surface area contributed by atoms with E-state index in [0.717, 1.165) is 5.56 Å². The van der Waals surface area contributed by atoms with Gasteiger partial charge in [0, 0.05) is 11.8 Å². The molecule has 1 aromatic heterocycles. The summed E-state index contributed by atoms with van der Waals surface area (Å²) >= 11 is 6.24. The minimum absolute atomic E-state index is 0.0239. The number of hydrogen-bond acceptors (Lipinski definition) is 5. The van der Waals surface area contributed by atoms with Gasteiger partial charge in [-0.1, -0.05) is 55.8 Å². The van der Waals surface area contributed by atoms with E-state index in [0.29, 0.717) is 28.6 Å². The van der Waals surface area contributed by atoms with E-state index in [1.807, 2.05) is 24.3 Å². The number of aromatic nitrogens is 1. The molecule has 6 nitrogen and oxygen atoms in total. The quantitative estimate of drug-likeness (QED) is 0.308. The van der Waals surface area contributed by atoms with E-state index in [1.54, 1.807) is 36.5 Å². The molecule has 3 aromatic rings. The van der Waals surface area contributed by atoms with Crippen molar-refractivity contribution in [1.29, 1.82) is 0 Å². The number of pyridine rings is 1. The molecule has 1 saturated heterocycles. The molecule has 1 fully saturated rings. The van der Waals surface area contributed by atoms with Gasteiger partial charge in [0.25, 0.3) is 5.78 Å². The molecule has 0 spiro atoms. The van der Waals surface area contributed by atoms with Crippen LogP contribution >= 0.6 is 11.6 Å². The van der Waals surface area contributed by atoms with Gasteiger partial charge in [0.05, 0.1) is 23.7 Å². The number of carbonyl (C=O) groups excluding carboxylic acids is 2. The van der Waals surface area contributed by atoms with Crippen LogP contribution in [0.1, 0.15) is 42.5 Å². The standard InChI is InChI=1S/C26H23ClN2O4/c1-15(2)16-7-9-17(10-8-16)23-22(24(30)18-11-12-20(33-3)19(27)14-18)25(31)26(32)29(23)21-6-4-5-13-28-21/h4-15,23,30H,1-3H3/b24-22+. The zero-order chi connectivity index (χ0) is 23.7. The van der Waals surface area contributed by atoms with E-state index >= 15 is 0 Å². The highest BCUT2D eigenvalue weighted by Crippen LogP contribution is 2.42. The second-order valence-electron chi connectivity index (χ2n) is 8.03. The van der Waals surface area contributed by atoms with Crippen LogP contribution in [0.25, 0.3) is 5.76 Å². The summed E-state index contributed by atoms with van der Waals surface area (Å²) in [6, 6.07) is 16.6. The monoisotopic (exact) mass is 462 g/mol. The zero-order valence-corrected chi connectivity index (χ0v) is 19.2. The highest BCUT2D eigenvalue weighted by Gasteiger charge is 2.47. The lowest BCUT2D eigenvalue weighted by Gasteiger charge is -2.24. The maximum Gasteiger partial charge on any atom is 0.301 e. The van der Waals surface area contributed by atoms with Crippen LogP contribution in [0.2, 0.25) is 5.02 Å². The topological polar surface area (TPSA) is 79.7 Å². The van der Waals surface area contributed by atoms with Crippen molar-refractivity contribution in [2.24, 2.45) is 0 Å². The Morgan fingerprint density at radius 1 is 1.09 bits per heavy atom. The van der Waals surface area contributed by atoms with E-state index < -0.39 is 17.7 Å². The normalized spacial score (nSPS) is 17.6. The maximum absolute atomic E-state index is 13.2. The second-order valence-corrected chi connectivity index (χ2v) is 8.43. The average Bonchev–Trinajstić information content (AvgIpc) is 3.09. The molecule has 2 aromatic carbocycles. The summed E-state index contributed by atoms with van der Waals surface area (Å²) in [5, 5.41) is 11.5. The molecule has 0 radical (unpaired) electrons. The molecule has 7 heteroatoms. The summed E-state index contributed by atoms with van der Waals surface area (Å²) in [7, 11) is 1.49. The van der Waals surface area contributed by atoms with Crippen molar-refractivity contribution in [3.8, 4) is 5.75 Å². The van der Waals surface area contributed by atoms with E-state index in [9.17, 15) is 14.7 Å². The maximum atomic E-state index is 13.2. The number of aliphatic hydroxyl groups is 1. The Kier molecular flexibility index (Phi) is 6.20. The summed E-state index contributed by atoms with van der Waals surface area (Å²) in [4.78, 5) is 31.9. The summed E-state index contributed by atoms with van der Waals surface area (Å²) in [5.74, 6) is -0.778. The van der Waals surface area contributed by atoms with Crippen molar-refractivity contribution in [2.75, 3.05) is 12.0 Å². The predicted molar refractivity (Wildman–Crippen MR) is 128 cm³/mol. The van der Waals surface area contributed by atoms with E-state index in [2.05, 4.69) is 18.8 Å². The largest absolute Gasteiger partial charge is 0.507 e. The fourth-order valence-corrected chi connectivity index (χ4v) is 4.17. The molecule has 1 atom stereocenters. The van der Waals surface area contributed by atoms with Crippen molar-refractivity contribution in [2.45, 2.75) is 25.8 Å². The van der Waals surface area contributed by atoms with Gasteiger partial charge in [-0.25, -0.2) is 4.98 Å². The molecular weight excluding hydrogens is 440 g/mol. The van der Waals surface area contributed by atoms with E-state index in [4.69, 9.17) is 16.3 Å². The van der Waals surface area contributed by atoms with Gasteiger partial charge in [0.2, 0.25) is 0 Å². The summed E-state index contributed by atoms with van der Waals surface area (Å²) in [6.45, 7) is 4.17. The van der Waals surface area contributed by atoms with Crippen LogP contribution < -0.4 is 9.64 Å². The molecule has 1 N–H and O–H groups in total. The van der Waals surface area contributed by atoms with Crippen LogP contribution in [-0.4, -0.2) is 28.9 Å². The molecule has 2 heterocycles. The molecule has 33 heavy (non-hydrogen) atoms. The van der Waals surface area contributed by atoms with Crippen LogP contribution in [0.15, 0.2) is 72.4 Å². The number of methoxy groups -OCH3 is 1. The first-order valence-corrected chi connectivity index (χ1v) is 10.9. The molecule has 1 unspecified atom stereocenters. The third-order valence-corrected chi connectivity index (χ3v) is 5.98. The molecular formula is C26H23ClN2O4. The number of rotatable bonds is 5. The molecule has 1 aliphatic heterocycles. The minimum atomic E-state index is -0.845. The van der Waals surface area contributed by atoms with E-state index in [-0.39, 0.29) is 16.4 Å². The Morgan fingerprint density at radius 2 is 1.82 bits per heavy atom. The number of amides is 1. The molecule has 1 aliphatic rings. The smallest absolute Gasteiger partial charge is 0.301 e. The van der Waals surface area contributed by atoms with Gasteiger partial charge in [-0.2, -0.15) is 0 Å². The lowest BCUT2D eigenvalue weighted by Crippen LogP contribution is -2.30. The lowest BCUT2D eigenvalue weighted by atomic mass is 9.93. The number of carbonyl (C=O) groups is 2. The number of halogens is 1. The number of ketones is 1. The highest BCUT2D eigenvalue weighted by molar-refractivity contribution is 6.51. The third kappa shape index (κ3) is 4.10. The zero-order valence-electron chi connectivity index (χ0n) is 18.4. The number of ether oxygens (including phenoxy) is 1. The molecule has 1 amide bonds. The van der Waals surface area contributed by atoms with Crippen molar-refractivity contribution in [3.05, 3.63) is 94.1 Å². The highest BCUT2D eigenvalue weighted by atomic mass is 35.5. The SMILES string of the molecule is COc1ccc(/C(O)=C2\C(=O)C(=O)N(c3ccccn3)C2c2ccc(C(C)C)cc2)cc1Cl. The van der Waals surface area contributed by atoms with Crippen molar-refractivity contribution < 1.29 is 19.4 Å².